The number of carbonyl (C=O) groups excluding carboxylic acids is 9. The largest absolute Gasteiger partial charge is 0.504 e. The van der Waals surface area contributed by atoms with Crippen LogP contribution in [0.5, 0.6) is 17.2 Å². The standard InChI is InChI=1S/C54H80N8O12/c1-13-31(10)45-52(70)60-41-25-35-16-19-42(63)43(26-35)74-36-17-14-34(15-18-36)24-40(57-47(65)32(11)55-48(66)37(20-27(2)3)56-44(64)23-30(8)9)51(69)62-46(33(12)73-54(41)72)53(71)59-38(21-28(4)5)49(67)58-39(22-29(6)7)50(68)61-45/h14-19,26-33,37-41,45-46,63H,13,20-25H2,1-12H3,(H,55,66)(H,56,64)(H,57,65)(H,58,67)(H,59,71)(H,60,70)(H,61,68)(H,62,69). The van der Waals surface area contributed by atoms with Gasteiger partial charge in [0.05, 0.1) is 0 Å². The molecule has 10 atom stereocenters. The van der Waals surface area contributed by atoms with E-state index < -0.39 is 108 Å². The van der Waals surface area contributed by atoms with Gasteiger partial charge in [0.15, 0.2) is 11.5 Å². The van der Waals surface area contributed by atoms with Crippen LogP contribution >= 0.6 is 0 Å². The average molecular weight is 1030 g/mol. The highest BCUT2D eigenvalue weighted by molar-refractivity contribution is 5.98. The number of amides is 8. The van der Waals surface area contributed by atoms with E-state index >= 15 is 0 Å². The van der Waals surface area contributed by atoms with Crippen LogP contribution < -0.4 is 47.3 Å². The Hall–Kier alpha value is -6.73. The molecule has 9 N–H and O–H groups in total. The molecule has 10 unspecified atom stereocenters. The predicted molar refractivity (Wildman–Crippen MR) is 276 cm³/mol. The Balaban J connectivity index is 1.86. The molecule has 74 heavy (non-hydrogen) atoms. The fourth-order valence-electron chi connectivity index (χ4n) is 8.61. The molecule has 20 heteroatoms. The van der Waals surface area contributed by atoms with E-state index in [9.17, 15) is 48.3 Å². The molecule has 2 aromatic carbocycles. The van der Waals surface area contributed by atoms with Crippen molar-refractivity contribution in [3.8, 4) is 17.2 Å². The molecule has 0 aliphatic carbocycles. The number of hydrogen-bond donors (Lipinski definition) is 9. The molecule has 0 aromatic heterocycles. The van der Waals surface area contributed by atoms with E-state index in [0.29, 0.717) is 17.5 Å². The van der Waals surface area contributed by atoms with Gasteiger partial charge >= 0.3 is 5.97 Å². The van der Waals surface area contributed by atoms with E-state index in [1.165, 1.54) is 32.0 Å². The summed E-state index contributed by atoms with van der Waals surface area (Å²) in [5.74, 6) is -7.45. The lowest BCUT2D eigenvalue weighted by Crippen LogP contribution is -2.63. The summed E-state index contributed by atoms with van der Waals surface area (Å²) in [5.41, 5.74) is 0.918. The van der Waals surface area contributed by atoms with E-state index in [1.807, 2.05) is 62.3 Å². The van der Waals surface area contributed by atoms with Crippen molar-refractivity contribution in [2.24, 2.45) is 29.6 Å². The van der Waals surface area contributed by atoms with Crippen molar-refractivity contribution >= 4 is 53.2 Å². The number of phenols is 1. The first-order chi connectivity index (χ1) is 34.7. The van der Waals surface area contributed by atoms with E-state index in [-0.39, 0.29) is 85.4 Å². The number of esters is 1. The first-order valence-corrected chi connectivity index (χ1v) is 26.0. The molecule has 1 saturated heterocycles. The van der Waals surface area contributed by atoms with Gasteiger partial charge in [-0.15, -0.1) is 0 Å². The molecule has 3 heterocycles. The summed E-state index contributed by atoms with van der Waals surface area (Å²) >= 11 is 0. The average Bonchev–Trinajstić information content (AvgIpc) is 3.30. The molecule has 408 valence electrons. The molecular weight excluding hydrogens is 953 g/mol. The number of rotatable bonds is 15. The van der Waals surface area contributed by atoms with Crippen molar-refractivity contribution in [3.63, 3.8) is 0 Å². The molecule has 6 bridgehead atoms. The maximum absolute atomic E-state index is 14.8. The zero-order chi connectivity index (χ0) is 55.1. The van der Waals surface area contributed by atoms with E-state index in [2.05, 4.69) is 42.5 Å². The van der Waals surface area contributed by atoms with Gasteiger partial charge in [-0.25, -0.2) is 4.79 Å². The second-order valence-electron chi connectivity index (χ2n) is 21.5. The number of fused-ring (bicyclic) bond motifs is 5. The summed E-state index contributed by atoms with van der Waals surface area (Å²) in [6.45, 7) is 21.3. The van der Waals surface area contributed by atoms with Crippen molar-refractivity contribution in [2.45, 2.75) is 182 Å². The third-order valence-corrected chi connectivity index (χ3v) is 12.8. The zero-order valence-electron chi connectivity index (χ0n) is 45.0. The number of hydrogen-bond acceptors (Lipinski definition) is 12. The Morgan fingerprint density at radius 2 is 1.26 bits per heavy atom. The third-order valence-electron chi connectivity index (χ3n) is 12.8. The lowest BCUT2D eigenvalue weighted by molar-refractivity contribution is -0.156. The maximum Gasteiger partial charge on any atom is 0.329 e. The number of carbonyl (C=O) groups is 9. The van der Waals surface area contributed by atoms with Crippen LogP contribution in [-0.4, -0.2) is 113 Å². The van der Waals surface area contributed by atoms with Gasteiger partial charge in [-0.2, -0.15) is 0 Å². The molecule has 0 radical (unpaired) electrons. The third kappa shape index (κ3) is 18.0. The Labute approximate surface area is 435 Å². The highest BCUT2D eigenvalue weighted by atomic mass is 16.5. The number of ether oxygens (including phenoxy) is 2. The fourth-order valence-corrected chi connectivity index (χ4v) is 8.61. The molecule has 2 aromatic rings. The van der Waals surface area contributed by atoms with Crippen molar-refractivity contribution in [1.82, 2.24) is 42.5 Å². The van der Waals surface area contributed by atoms with Crippen LogP contribution in [0, 0.1) is 29.6 Å². The van der Waals surface area contributed by atoms with Gasteiger partial charge in [-0.05, 0) is 98.1 Å². The molecule has 3 aliphatic heterocycles. The molecule has 5 rings (SSSR count). The van der Waals surface area contributed by atoms with Gasteiger partial charge in [0.25, 0.3) is 0 Å². The smallest absolute Gasteiger partial charge is 0.329 e. The summed E-state index contributed by atoms with van der Waals surface area (Å²) in [6.07, 6.45) is -0.776. The Bertz CT molecular complexity index is 2320. The number of phenolic OH excluding ortho intramolecular Hbond substituents is 1. The van der Waals surface area contributed by atoms with Gasteiger partial charge < -0.3 is 57.1 Å². The van der Waals surface area contributed by atoms with Gasteiger partial charge in [-0.3, -0.25) is 38.4 Å². The second kappa shape index (κ2) is 27.5. The van der Waals surface area contributed by atoms with Gasteiger partial charge in [0.2, 0.25) is 47.3 Å². The van der Waals surface area contributed by atoms with Gasteiger partial charge in [0.1, 0.15) is 60.2 Å². The quantitative estimate of drug-likeness (QED) is 0.116. The van der Waals surface area contributed by atoms with E-state index in [0.717, 1.165) is 0 Å². The van der Waals surface area contributed by atoms with E-state index in [4.69, 9.17) is 9.47 Å². The van der Waals surface area contributed by atoms with Crippen LogP contribution in [0.15, 0.2) is 42.5 Å². The summed E-state index contributed by atoms with van der Waals surface area (Å²) in [5, 5.41) is 32.8. The Morgan fingerprint density at radius 3 is 1.84 bits per heavy atom. The molecular formula is C54H80N8O12. The number of benzene rings is 2. The summed E-state index contributed by atoms with van der Waals surface area (Å²) in [6, 6.07) is 0.294. The molecule has 0 spiro atoms. The topological polar surface area (TPSA) is 289 Å². The fraction of sp³-hybridized carbons (Fsp3) is 0.611. The predicted octanol–water partition coefficient (Wildman–Crippen LogP) is 3.36. The summed E-state index contributed by atoms with van der Waals surface area (Å²) < 4.78 is 12.1. The maximum atomic E-state index is 14.8. The minimum absolute atomic E-state index is 0.000340. The summed E-state index contributed by atoms with van der Waals surface area (Å²) in [7, 11) is 0. The van der Waals surface area contributed by atoms with Crippen molar-refractivity contribution in [3.05, 3.63) is 53.6 Å². The minimum Gasteiger partial charge on any atom is -0.504 e. The van der Waals surface area contributed by atoms with Crippen molar-refractivity contribution in [2.75, 3.05) is 0 Å². The van der Waals surface area contributed by atoms with Crippen LogP contribution in [-0.2, 0) is 60.7 Å². The number of nitrogens with one attached hydrogen (secondary N) is 8. The molecule has 20 nitrogen and oxygen atoms in total. The van der Waals surface area contributed by atoms with Crippen LogP contribution in [0.4, 0.5) is 0 Å². The lowest BCUT2D eigenvalue weighted by atomic mass is 9.95. The van der Waals surface area contributed by atoms with E-state index in [1.54, 1.807) is 31.2 Å². The number of aromatic hydroxyl groups is 1. The first kappa shape index (κ1) is 59.8. The van der Waals surface area contributed by atoms with Crippen LogP contribution in [0.1, 0.15) is 126 Å². The monoisotopic (exact) mass is 1030 g/mol. The zero-order valence-corrected chi connectivity index (χ0v) is 45.0. The molecule has 1 fully saturated rings. The van der Waals surface area contributed by atoms with Gasteiger partial charge in [0, 0.05) is 19.3 Å². The van der Waals surface area contributed by atoms with Crippen LogP contribution in [0.2, 0.25) is 0 Å². The SMILES string of the molecule is CCC(C)C1NC(=O)C(CC(C)C)NC(=O)C(CC(C)C)NC(=O)C2NC(=O)C(NC(=O)C(C)NC(=O)C(CC(C)C)NC(=O)CC(C)C)Cc3ccc(cc3)Oc3cc(ccc3O)CC(NC1=O)C(=O)OC2C. The van der Waals surface area contributed by atoms with Crippen molar-refractivity contribution in [1.29, 1.82) is 0 Å². The summed E-state index contributed by atoms with van der Waals surface area (Å²) in [4.78, 5) is 127. The molecule has 3 aliphatic rings. The Morgan fingerprint density at radius 1 is 0.662 bits per heavy atom. The highest BCUT2D eigenvalue weighted by Crippen LogP contribution is 2.32. The second-order valence-corrected chi connectivity index (χ2v) is 21.5. The highest BCUT2D eigenvalue weighted by Gasteiger charge is 2.40. The molecule has 0 saturated carbocycles. The van der Waals surface area contributed by atoms with Crippen LogP contribution in [0.3, 0.4) is 0 Å². The first-order valence-electron chi connectivity index (χ1n) is 26.0. The molecule has 8 amide bonds. The minimum atomic E-state index is -1.74. The van der Waals surface area contributed by atoms with Crippen molar-refractivity contribution < 1.29 is 57.7 Å². The van der Waals surface area contributed by atoms with Crippen LogP contribution in [0.25, 0.3) is 0 Å². The Kier molecular flexibility index (Phi) is 22.3. The normalized spacial score (nSPS) is 23.5. The van der Waals surface area contributed by atoms with Gasteiger partial charge in [-0.1, -0.05) is 93.9 Å². The lowest BCUT2D eigenvalue weighted by Gasteiger charge is -2.32.